The number of fused-ring (bicyclic) bond motifs is 2. The Morgan fingerprint density at radius 2 is 1.97 bits per heavy atom. The molecule has 2 aromatic heterocycles. The summed E-state index contributed by atoms with van der Waals surface area (Å²) in [6.07, 6.45) is 4.20. The first-order chi connectivity index (χ1) is 17.0. The van der Waals surface area contributed by atoms with Crippen LogP contribution in [0.3, 0.4) is 0 Å². The van der Waals surface area contributed by atoms with Gasteiger partial charge in [-0.25, -0.2) is 9.97 Å². The van der Waals surface area contributed by atoms with Crippen LogP contribution in [0.5, 0.6) is 0 Å². The van der Waals surface area contributed by atoms with Crippen LogP contribution < -0.4 is 5.32 Å². The van der Waals surface area contributed by atoms with Gasteiger partial charge in [0.2, 0.25) is 0 Å². The highest BCUT2D eigenvalue weighted by Gasteiger charge is 2.35. The molecule has 4 aromatic rings. The van der Waals surface area contributed by atoms with E-state index in [1.165, 1.54) is 6.33 Å². The number of hydrogen-bond donors (Lipinski definition) is 2. The van der Waals surface area contributed by atoms with Crippen molar-refractivity contribution in [1.82, 2.24) is 20.2 Å². The predicted octanol–water partition coefficient (Wildman–Crippen LogP) is 5.45. The zero-order valence-electron chi connectivity index (χ0n) is 19.3. The van der Waals surface area contributed by atoms with Crippen molar-refractivity contribution in [3.8, 4) is 6.07 Å². The maximum atomic E-state index is 13.6. The molecule has 0 amide bonds. The summed E-state index contributed by atoms with van der Waals surface area (Å²) in [4.78, 5) is 22.2. The second-order valence-corrected chi connectivity index (χ2v) is 9.20. The Kier molecular flexibility index (Phi) is 6.06. The van der Waals surface area contributed by atoms with Crippen LogP contribution in [-0.2, 0) is 6.42 Å². The monoisotopic (exact) mass is 482 g/mol. The number of aromatic amines is 1. The van der Waals surface area contributed by atoms with E-state index in [2.05, 4.69) is 49.8 Å². The number of halogens is 1. The minimum Gasteiger partial charge on any atom is -0.363 e. The van der Waals surface area contributed by atoms with E-state index in [1.807, 2.05) is 44.2 Å². The summed E-state index contributed by atoms with van der Waals surface area (Å²) >= 11 is 6.50. The molecule has 0 spiro atoms. The van der Waals surface area contributed by atoms with Gasteiger partial charge in [0, 0.05) is 17.5 Å². The van der Waals surface area contributed by atoms with Gasteiger partial charge in [0.1, 0.15) is 23.9 Å². The molecule has 8 heteroatoms. The number of aromatic nitrogens is 4. The van der Waals surface area contributed by atoms with Crippen LogP contribution in [0.15, 0.2) is 60.4 Å². The first-order valence-electron chi connectivity index (χ1n) is 11.4. The minimum atomic E-state index is -0.291. The van der Waals surface area contributed by atoms with Crippen molar-refractivity contribution in [3.63, 3.8) is 0 Å². The van der Waals surface area contributed by atoms with Gasteiger partial charge in [-0.2, -0.15) is 10.4 Å². The zero-order valence-corrected chi connectivity index (χ0v) is 20.0. The molecule has 0 fully saturated rings. The summed E-state index contributed by atoms with van der Waals surface area (Å²) in [6.45, 7) is 4.01. The van der Waals surface area contributed by atoms with Crippen LogP contribution in [0.4, 0.5) is 5.82 Å². The number of benzene rings is 2. The first-order valence-corrected chi connectivity index (χ1v) is 11.8. The van der Waals surface area contributed by atoms with E-state index in [9.17, 15) is 10.1 Å². The molecule has 7 nitrogen and oxygen atoms in total. The van der Waals surface area contributed by atoms with Crippen LogP contribution in [0.25, 0.3) is 17.1 Å². The summed E-state index contributed by atoms with van der Waals surface area (Å²) in [6, 6.07) is 17.6. The third-order valence-corrected chi connectivity index (χ3v) is 6.99. The number of anilines is 1. The largest absolute Gasteiger partial charge is 0.363 e. The third kappa shape index (κ3) is 4.17. The average Bonchev–Trinajstić information content (AvgIpc) is 3.26. The van der Waals surface area contributed by atoms with Crippen molar-refractivity contribution in [2.45, 2.75) is 26.3 Å². The number of carbonyl (C=O) groups excluding carboxylic acids is 1. The Balaban J connectivity index is 1.61. The van der Waals surface area contributed by atoms with Gasteiger partial charge >= 0.3 is 0 Å². The molecule has 0 bridgehead atoms. The number of hydrogen-bond acceptors (Lipinski definition) is 6. The molecule has 2 heterocycles. The standard InChI is InChI=1S/C27H23ClN6O/c1-15-19(11-17-7-4-3-5-8-17)20(12-18-9-6-10-21(28)23(18)25(15)35)16(2)32-26-24-22(13-29)33-34-27(24)31-14-30-26/h3-10,12,14-16,19H,11H2,1-2H3,(H2,30,31,32,33,34). The maximum Gasteiger partial charge on any atom is 0.187 e. The van der Waals surface area contributed by atoms with Crippen molar-refractivity contribution in [3.05, 3.63) is 87.8 Å². The van der Waals surface area contributed by atoms with E-state index >= 15 is 0 Å². The van der Waals surface area contributed by atoms with Crippen LogP contribution in [-0.4, -0.2) is 32.0 Å². The second kappa shape index (κ2) is 9.32. The molecule has 0 saturated heterocycles. The molecule has 35 heavy (non-hydrogen) atoms. The molecule has 2 N–H and O–H groups in total. The molecule has 3 atom stereocenters. The fourth-order valence-corrected chi connectivity index (χ4v) is 5.13. The molecule has 0 aliphatic heterocycles. The quantitative estimate of drug-likeness (QED) is 0.391. The van der Waals surface area contributed by atoms with E-state index in [-0.39, 0.29) is 23.7 Å². The first kappa shape index (κ1) is 22.8. The van der Waals surface area contributed by atoms with Crippen LogP contribution >= 0.6 is 11.6 Å². The summed E-state index contributed by atoms with van der Waals surface area (Å²) in [5.74, 6) is 0.187. The summed E-state index contributed by atoms with van der Waals surface area (Å²) in [5.41, 5.74) is 4.30. The molecular formula is C27H23ClN6O. The van der Waals surface area contributed by atoms with Crippen molar-refractivity contribution >= 4 is 40.3 Å². The van der Waals surface area contributed by atoms with Crippen molar-refractivity contribution in [2.75, 3.05) is 5.32 Å². The van der Waals surface area contributed by atoms with Gasteiger partial charge in [0.25, 0.3) is 0 Å². The molecular weight excluding hydrogens is 460 g/mol. The minimum absolute atomic E-state index is 0.0380. The SMILES string of the molecule is CC(Nc1ncnc2n[nH]c(C#N)c12)C1=Cc2cccc(Cl)c2C(=O)C(C)C1Cc1ccccc1. The summed E-state index contributed by atoms with van der Waals surface area (Å²) < 4.78 is 0. The van der Waals surface area contributed by atoms with Gasteiger partial charge in [-0.15, -0.1) is 0 Å². The smallest absolute Gasteiger partial charge is 0.187 e. The molecule has 0 radical (unpaired) electrons. The Labute approximate surface area is 207 Å². The summed E-state index contributed by atoms with van der Waals surface area (Å²) in [7, 11) is 0. The summed E-state index contributed by atoms with van der Waals surface area (Å²) in [5, 5.41) is 20.8. The van der Waals surface area contributed by atoms with Crippen molar-refractivity contribution in [2.24, 2.45) is 11.8 Å². The van der Waals surface area contributed by atoms with E-state index in [0.29, 0.717) is 39.6 Å². The number of H-pyrrole nitrogens is 1. The van der Waals surface area contributed by atoms with E-state index in [4.69, 9.17) is 11.6 Å². The van der Waals surface area contributed by atoms with Gasteiger partial charge in [-0.1, -0.05) is 67.1 Å². The molecule has 3 unspecified atom stereocenters. The van der Waals surface area contributed by atoms with Crippen molar-refractivity contribution < 1.29 is 4.79 Å². The van der Waals surface area contributed by atoms with Crippen LogP contribution in [0.2, 0.25) is 5.02 Å². The Hall–Kier alpha value is -4.02. The highest BCUT2D eigenvalue weighted by molar-refractivity contribution is 6.34. The molecule has 1 aliphatic rings. The van der Waals surface area contributed by atoms with Crippen LogP contribution in [0.1, 0.15) is 41.0 Å². The average molecular weight is 483 g/mol. The Bertz CT molecular complexity index is 1490. The van der Waals surface area contributed by atoms with Crippen LogP contribution in [0, 0.1) is 23.2 Å². The number of rotatable bonds is 5. The van der Waals surface area contributed by atoms with Gasteiger partial charge in [-0.3, -0.25) is 9.89 Å². The molecule has 5 rings (SSSR count). The lowest BCUT2D eigenvalue weighted by Gasteiger charge is -2.29. The number of nitrogens with zero attached hydrogens (tertiary/aromatic N) is 4. The molecule has 2 aromatic carbocycles. The number of nitrogens with one attached hydrogen (secondary N) is 2. The van der Waals surface area contributed by atoms with E-state index in [1.54, 1.807) is 6.07 Å². The maximum absolute atomic E-state index is 13.6. The number of nitriles is 1. The Morgan fingerprint density at radius 3 is 2.74 bits per heavy atom. The predicted molar refractivity (Wildman–Crippen MR) is 136 cm³/mol. The molecule has 1 aliphatic carbocycles. The van der Waals surface area contributed by atoms with E-state index < -0.39 is 0 Å². The Morgan fingerprint density at radius 1 is 1.17 bits per heavy atom. The third-order valence-electron chi connectivity index (χ3n) is 6.67. The lowest BCUT2D eigenvalue weighted by molar-refractivity contribution is 0.0899. The van der Waals surface area contributed by atoms with Gasteiger partial charge in [-0.05, 0) is 42.0 Å². The van der Waals surface area contributed by atoms with Gasteiger partial charge in [0.05, 0.1) is 10.4 Å². The van der Waals surface area contributed by atoms with Gasteiger partial charge < -0.3 is 5.32 Å². The highest BCUT2D eigenvalue weighted by Crippen LogP contribution is 2.38. The number of ketones is 1. The number of carbonyl (C=O) groups is 1. The lowest BCUT2D eigenvalue weighted by Crippen LogP contribution is -2.30. The zero-order chi connectivity index (χ0) is 24.5. The van der Waals surface area contributed by atoms with Gasteiger partial charge in [0.15, 0.2) is 11.4 Å². The fraction of sp³-hybridized carbons (Fsp3) is 0.222. The molecule has 174 valence electrons. The lowest BCUT2D eigenvalue weighted by atomic mass is 9.78. The normalized spacial score (nSPS) is 18.3. The van der Waals surface area contributed by atoms with Crippen molar-refractivity contribution in [1.29, 1.82) is 5.26 Å². The van der Waals surface area contributed by atoms with E-state index in [0.717, 1.165) is 16.7 Å². The number of Topliss-reactive ketones (excluding diaryl/α,β-unsaturated/α-hetero) is 1. The molecule has 0 saturated carbocycles. The topological polar surface area (TPSA) is 107 Å². The second-order valence-electron chi connectivity index (χ2n) is 8.79. The fourth-order valence-electron chi connectivity index (χ4n) is 4.85. The highest BCUT2D eigenvalue weighted by atomic mass is 35.5.